The van der Waals surface area contributed by atoms with Crippen LogP contribution in [0.2, 0.25) is 0 Å². The number of carbonyl (C=O) groups excluding carboxylic acids is 1. The Kier molecular flexibility index (Phi) is 3.77. The zero-order valence-corrected chi connectivity index (χ0v) is 12.5. The molecule has 1 fully saturated rings. The van der Waals surface area contributed by atoms with Crippen LogP contribution in [0, 0.1) is 0 Å². The number of aromatic nitrogens is 4. The van der Waals surface area contributed by atoms with Crippen molar-refractivity contribution < 1.29 is 4.79 Å². The van der Waals surface area contributed by atoms with Crippen LogP contribution in [0.4, 0.5) is 0 Å². The van der Waals surface area contributed by atoms with E-state index in [-0.39, 0.29) is 11.9 Å². The maximum absolute atomic E-state index is 12.3. The van der Waals surface area contributed by atoms with Crippen LogP contribution in [0.1, 0.15) is 61.0 Å². The number of rotatable bonds is 4. The monoisotopic (exact) mass is 287 g/mol. The molecule has 1 amide bonds. The summed E-state index contributed by atoms with van der Waals surface area (Å²) >= 11 is 0. The van der Waals surface area contributed by atoms with Gasteiger partial charge < -0.3 is 14.5 Å². The van der Waals surface area contributed by atoms with Gasteiger partial charge in [-0.2, -0.15) is 0 Å². The van der Waals surface area contributed by atoms with Gasteiger partial charge in [-0.15, -0.1) is 10.2 Å². The number of hydrogen-bond acceptors (Lipinski definition) is 3. The third kappa shape index (κ3) is 2.70. The van der Waals surface area contributed by atoms with Gasteiger partial charge in [0.15, 0.2) is 5.82 Å². The Labute approximate surface area is 124 Å². The second-order valence-corrected chi connectivity index (χ2v) is 5.73. The quantitative estimate of drug-likeness (QED) is 0.937. The largest absolute Gasteiger partial charge is 0.347 e. The van der Waals surface area contributed by atoms with Gasteiger partial charge >= 0.3 is 0 Å². The fourth-order valence-electron chi connectivity index (χ4n) is 3.06. The van der Waals surface area contributed by atoms with Crippen LogP contribution in [0.5, 0.6) is 0 Å². The summed E-state index contributed by atoms with van der Waals surface area (Å²) in [6.45, 7) is 1.95. The first-order chi connectivity index (χ1) is 10.2. The van der Waals surface area contributed by atoms with Crippen molar-refractivity contribution in [3.8, 4) is 0 Å². The summed E-state index contributed by atoms with van der Waals surface area (Å²) in [4.78, 5) is 12.3. The molecular weight excluding hydrogens is 266 g/mol. The van der Waals surface area contributed by atoms with Crippen LogP contribution >= 0.6 is 0 Å². The summed E-state index contributed by atoms with van der Waals surface area (Å²) in [6.07, 6.45) is 8.50. The van der Waals surface area contributed by atoms with Gasteiger partial charge in [0.05, 0.1) is 6.04 Å². The topological polar surface area (TPSA) is 64.7 Å². The first-order valence-electron chi connectivity index (χ1n) is 7.48. The molecule has 1 N–H and O–H groups in total. The minimum Gasteiger partial charge on any atom is -0.347 e. The highest BCUT2D eigenvalue weighted by Crippen LogP contribution is 2.31. The molecule has 6 nitrogen and oxygen atoms in total. The summed E-state index contributed by atoms with van der Waals surface area (Å²) in [5.41, 5.74) is 0.647. The van der Waals surface area contributed by atoms with Crippen LogP contribution in [0.3, 0.4) is 0 Å². The normalized spacial score (nSPS) is 17.0. The van der Waals surface area contributed by atoms with Crippen molar-refractivity contribution in [2.24, 2.45) is 7.05 Å². The Hall–Kier alpha value is -2.11. The van der Waals surface area contributed by atoms with Crippen molar-refractivity contribution in [1.82, 2.24) is 24.6 Å². The van der Waals surface area contributed by atoms with Crippen molar-refractivity contribution in [3.05, 3.63) is 36.2 Å². The lowest BCUT2D eigenvalue weighted by atomic mass is 10.2. The molecule has 3 rings (SSSR count). The zero-order valence-electron chi connectivity index (χ0n) is 12.5. The van der Waals surface area contributed by atoms with Crippen LogP contribution in [0.15, 0.2) is 24.7 Å². The lowest BCUT2D eigenvalue weighted by molar-refractivity contribution is 0.0929. The predicted molar refractivity (Wildman–Crippen MR) is 78.8 cm³/mol. The second-order valence-electron chi connectivity index (χ2n) is 5.73. The Morgan fingerprint density at radius 1 is 1.43 bits per heavy atom. The smallest absolute Gasteiger partial charge is 0.268 e. The lowest BCUT2D eigenvalue weighted by Crippen LogP contribution is -2.30. The minimum absolute atomic E-state index is 0.0871. The van der Waals surface area contributed by atoms with Gasteiger partial charge in [0.25, 0.3) is 5.91 Å². The number of carbonyl (C=O) groups is 1. The van der Waals surface area contributed by atoms with Crippen LogP contribution in [-0.4, -0.2) is 25.2 Å². The van der Waals surface area contributed by atoms with E-state index in [1.165, 1.54) is 25.7 Å². The Morgan fingerprint density at radius 3 is 2.86 bits per heavy atom. The highest BCUT2D eigenvalue weighted by molar-refractivity contribution is 5.92. The van der Waals surface area contributed by atoms with Crippen LogP contribution in [0.25, 0.3) is 0 Å². The average Bonchev–Trinajstić information content (AvgIpc) is 3.19. The number of nitrogens with zero attached hydrogens (tertiary/aromatic N) is 4. The number of hydrogen-bond donors (Lipinski definition) is 1. The molecular formula is C15H21N5O. The first-order valence-corrected chi connectivity index (χ1v) is 7.48. The molecule has 1 aliphatic rings. The number of aryl methyl sites for hydroxylation is 1. The van der Waals surface area contributed by atoms with Crippen molar-refractivity contribution >= 4 is 5.91 Å². The van der Waals surface area contributed by atoms with E-state index in [4.69, 9.17) is 0 Å². The summed E-state index contributed by atoms with van der Waals surface area (Å²) < 4.78 is 3.94. The predicted octanol–water partition coefficient (Wildman–Crippen LogP) is 2.22. The molecule has 6 heteroatoms. The van der Waals surface area contributed by atoms with Crippen molar-refractivity contribution in [2.45, 2.75) is 44.7 Å². The van der Waals surface area contributed by atoms with Gasteiger partial charge in [0.1, 0.15) is 12.0 Å². The molecule has 1 atom stereocenters. The summed E-state index contributed by atoms with van der Waals surface area (Å²) in [5, 5.41) is 11.2. The summed E-state index contributed by atoms with van der Waals surface area (Å²) in [5.74, 6) is 0.750. The van der Waals surface area contributed by atoms with Crippen molar-refractivity contribution in [1.29, 1.82) is 0 Å². The first kappa shape index (κ1) is 13.9. The van der Waals surface area contributed by atoms with E-state index in [0.717, 1.165) is 5.82 Å². The molecule has 2 aromatic heterocycles. The molecule has 21 heavy (non-hydrogen) atoms. The highest BCUT2D eigenvalue weighted by atomic mass is 16.2. The zero-order chi connectivity index (χ0) is 14.8. The van der Waals surface area contributed by atoms with E-state index < -0.39 is 0 Å². The SMILES string of the molecule is CC(NC(=O)c1cccn1C)c1nncn1C1CCCC1. The molecule has 0 bridgehead atoms. The van der Waals surface area contributed by atoms with Crippen LogP contribution < -0.4 is 5.32 Å². The fraction of sp³-hybridized carbons (Fsp3) is 0.533. The van der Waals surface area contributed by atoms with E-state index in [0.29, 0.717) is 11.7 Å². The van der Waals surface area contributed by atoms with Crippen molar-refractivity contribution in [3.63, 3.8) is 0 Å². The van der Waals surface area contributed by atoms with Gasteiger partial charge in [0, 0.05) is 19.3 Å². The lowest BCUT2D eigenvalue weighted by Gasteiger charge is -2.18. The maximum atomic E-state index is 12.3. The third-order valence-electron chi connectivity index (χ3n) is 4.23. The third-order valence-corrected chi connectivity index (χ3v) is 4.23. The molecule has 0 radical (unpaired) electrons. The van der Waals surface area contributed by atoms with E-state index in [1.807, 2.05) is 36.9 Å². The summed E-state index contributed by atoms with van der Waals surface area (Å²) in [6, 6.07) is 3.99. The molecule has 0 spiro atoms. The summed E-state index contributed by atoms with van der Waals surface area (Å²) in [7, 11) is 1.86. The number of amides is 1. The van der Waals surface area contributed by atoms with E-state index in [1.54, 1.807) is 6.33 Å². The molecule has 1 aliphatic carbocycles. The molecule has 1 saturated carbocycles. The van der Waals surface area contributed by atoms with E-state index in [9.17, 15) is 4.79 Å². The Bertz CT molecular complexity index is 624. The van der Waals surface area contributed by atoms with Gasteiger partial charge in [0.2, 0.25) is 0 Å². The van der Waals surface area contributed by atoms with E-state index >= 15 is 0 Å². The standard InChI is InChI=1S/C15H21N5O/c1-11(17-15(21)13-8-5-9-19(13)2)14-18-16-10-20(14)12-6-3-4-7-12/h5,8-12H,3-4,6-7H2,1-2H3,(H,17,21). The van der Waals surface area contributed by atoms with Gasteiger partial charge in [-0.3, -0.25) is 4.79 Å². The molecule has 2 heterocycles. The van der Waals surface area contributed by atoms with Gasteiger partial charge in [-0.05, 0) is 31.9 Å². The molecule has 1 unspecified atom stereocenters. The van der Waals surface area contributed by atoms with Gasteiger partial charge in [-0.25, -0.2) is 0 Å². The van der Waals surface area contributed by atoms with Crippen molar-refractivity contribution in [2.75, 3.05) is 0 Å². The maximum Gasteiger partial charge on any atom is 0.268 e. The Morgan fingerprint density at radius 2 is 2.19 bits per heavy atom. The molecule has 112 valence electrons. The minimum atomic E-state index is -0.157. The average molecular weight is 287 g/mol. The Balaban J connectivity index is 1.74. The molecule has 0 aliphatic heterocycles. The molecule has 0 saturated heterocycles. The highest BCUT2D eigenvalue weighted by Gasteiger charge is 2.24. The fourth-order valence-corrected chi connectivity index (χ4v) is 3.06. The second kappa shape index (κ2) is 5.71. The van der Waals surface area contributed by atoms with E-state index in [2.05, 4.69) is 20.1 Å². The molecule has 0 aromatic carbocycles. The van der Waals surface area contributed by atoms with Gasteiger partial charge in [-0.1, -0.05) is 12.8 Å². The van der Waals surface area contributed by atoms with Crippen LogP contribution in [-0.2, 0) is 7.05 Å². The number of nitrogens with one attached hydrogen (secondary N) is 1. The molecule has 2 aromatic rings.